The standard InChI is InChI=1S/C12H12ClN5O/c1-7-3-2-4-15-11(7)17-12(19)8-5-9(13)16-10(6-8)18-14/h2-6H,14H2,1H3,(H,16,18)(H,15,17,19). The van der Waals surface area contributed by atoms with Gasteiger partial charge in [-0.2, -0.15) is 0 Å². The zero-order valence-corrected chi connectivity index (χ0v) is 10.9. The molecule has 0 saturated carbocycles. The van der Waals surface area contributed by atoms with E-state index in [1.165, 1.54) is 12.1 Å². The number of pyridine rings is 2. The van der Waals surface area contributed by atoms with Crippen molar-refractivity contribution in [1.29, 1.82) is 0 Å². The Morgan fingerprint density at radius 1 is 1.42 bits per heavy atom. The summed E-state index contributed by atoms with van der Waals surface area (Å²) in [5.41, 5.74) is 3.56. The Bertz CT molecular complexity index is 617. The number of hydrazine groups is 1. The maximum absolute atomic E-state index is 12.1. The van der Waals surface area contributed by atoms with Crippen LogP contribution in [0, 0.1) is 6.92 Å². The van der Waals surface area contributed by atoms with Crippen LogP contribution in [-0.2, 0) is 0 Å². The molecule has 98 valence electrons. The number of nitrogens with one attached hydrogen (secondary N) is 2. The van der Waals surface area contributed by atoms with Crippen molar-refractivity contribution in [3.63, 3.8) is 0 Å². The van der Waals surface area contributed by atoms with E-state index in [4.69, 9.17) is 17.4 Å². The van der Waals surface area contributed by atoms with Crippen LogP contribution < -0.4 is 16.6 Å². The van der Waals surface area contributed by atoms with Gasteiger partial charge in [-0.25, -0.2) is 15.8 Å². The largest absolute Gasteiger partial charge is 0.308 e. The van der Waals surface area contributed by atoms with Gasteiger partial charge in [0.1, 0.15) is 16.8 Å². The van der Waals surface area contributed by atoms with Crippen molar-refractivity contribution < 1.29 is 4.79 Å². The SMILES string of the molecule is Cc1cccnc1NC(=O)c1cc(Cl)nc(NN)c1. The number of halogens is 1. The predicted octanol–water partition coefficient (Wildman–Crippen LogP) is 1.98. The number of nitrogens with zero attached hydrogens (tertiary/aromatic N) is 2. The molecule has 6 nitrogen and oxygen atoms in total. The van der Waals surface area contributed by atoms with E-state index in [1.807, 2.05) is 13.0 Å². The molecule has 2 rings (SSSR count). The monoisotopic (exact) mass is 277 g/mol. The Hall–Kier alpha value is -2.18. The minimum Gasteiger partial charge on any atom is -0.308 e. The number of amides is 1. The molecule has 0 unspecified atom stereocenters. The fourth-order valence-electron chi connectivity index (χ4n) is 1.50. The molecule has 7 heteroatoms. The van der Waals surface area contributed by atoms with Gasteiger partial charge in [0.15, 0.2) is 0 Å². The van der Waals surface area contributed by atoms with Crippen LogP contribution in [0.15, 0.2) is 30.5 Å². The lowest BCUT2D eigenvalue weighted by molar-refractivity contribution is 0.102. The number of rotatable bonds is 3. The lowest BCUT2D eigenvalue weighted by atomic mass is 10.2. The third kappa shape index (κ3) is 3.18. The van der Waals surface area contributed by atoms with E-state index >= 15 is 0 Å². The van der Waals surface area contributed by atoms with E-state index in [1.54, 1.807) is 12.3 Å². The number of nitrogen functional groups attached to an aromatic ring is 1. The third-order valence-electron chi connectivity index (χ3n) is 2.45. The molecule has 2 aromatic heterocycles. The zero-order valence-electron chi connectivity index (χ0n) is 10.1. The quantitative estimate of drug-likeness (QED) is 0.453. The van der Waals surface area contributed by atoms with E-state index in [-0.39, 0.29) is 11.1 Å². The van der Waals surface area contributed by atoms with Gasteiger partial charge in [-0.05, 0) is 30.7 Å². The first kappa shape index (κ1) is 13.3. The van der Waals surface area contributed by atoms with Crippen LogP contribution in [0.5, 0.6) is 0 Å². The highest BCUT2D eigenvalue weighted by molar-refractivity contribution is 6.30. The number of hydrogen-bond donors (Lipinski definition) is 3. The van der Waals surface area contributed by atoms with Gasteiger partial charge in [0.05, 0.1) is 0 Å². The van der Waals surface area contributed by atoms with Crippen molar-refractivity contribution in [2.45, 2.75) is 6.92 Å². The summed E-state index contributed by atoms with van der Waals surface area (Å²) in [4.78, 5) is 20.1. The van der Waals surface area contributed by atoms with Crippen molar-refractivity contribution in [2.75, 3.05) is 10.7 Å². The average molecular weight is 278 g/mol. The van der Waals surface area contributed by atoms with Crippen molar-refractivity contribution in [3.8, 4) is 0 Å². The molecule has 4 N–H and O–H groups in total. The van der Waals surface area contributed by atoms with Gasteiger partial charge in [-0.15, -0.1) is 0 Å². The van der Waals surface area contributed by atoms with E-state index in [9.17, 15) is 4.79 Å². The molecule has 1 amide bonds. The molecule has 0 radical (unpaired) electrons. The molecule has 0 aliphatic carbocycles. The van der Waals surface area contributed by atoms with Gasteiger partial charge < -0.3 is 10.7 Å². The number of aromatic nitrogens is 2. The van der Waals surface area contributed by atoms with E-state index in [0.29, 0.717) is 17.2 Å². The topological polar surface area (TPSA) is 92.9 Å². The fourth-order valence-corrected chi connectivity index (χ4v) is 1.71. The summed E-state index contributed by atoms with van der Waals surface area (Å²) in [6.45, 7) is 1.86. The summed E-state index contributed by atoms with van der Waals surface area (Å²) in [7, 11) is 0. The Labute approximate surface area is 115 Å². The number of carbonyl (C=O) groups is 1. The number of nitrogens with two attached hydrogens (primary N) is 1. The molecule has 0 saturated heterocycles. The fraction of sp³-hybridized carbons (Fsp3) is 0.0833. The molecule has 0 bridgehead atoms. The van der Waals surface area contributed by atoms with Crippen molar-refractivity contribution >= 4 is 29.1 Å². The third-order valence-corrected chi connectivity index (χ3v) is 2.64. The molecular weight excluding hydrogens is 266 g/mol. The Kier molecular flexibility index (Phi) is 3.94. The van der Waals surface area contributed by atoms with E-state index in [0.717, 1.165) is 5.56 Å². The number of carbonyl (C=O) groups excluding carboxylic acids is 1. The lowest BCUT2D eigenvalue weighted by Gasteiger charge is -2.08. The van der Waals surface area contributed by atoms with Gasteiger partial charge in [0, 0.05) is 11.8 Å². The Balaban J connectivity index is 2.25. The highest BCUT2D eigenvalue weighted by atomic mass is 35.5. The molecule has 2 heterocycles. The molecular formula is C12H12ClN5O. The van der Waals surface area contributed by atoms with Crippen LogP contribution in [0.2, 0.25) is 5.15 Å². The Morgan fingerprint density at radius 3 is 2.89 bits per heavy atom. The second-order valence-corrected chi connectivity index (χ2v) is 4.22. The molecule has 0 atom stereocenters. The lowest BCUT2D eigenvalue weighted by Crippen LogP contribution is -2.16. The van der Waals surface area contributed by atoms with Gasteiger partial charge in [-0.1, -0.05) is 17.7 Å². The number of anilines is 2. The van der Waals surface area contributed by atoms with Crippen LogP contribution in [0.4, 0.5) is 11.6 Å². The van der Waals surface area contributed by atoms with Gasteiger partial charge in [0.2, 0.25) is 0 Å². The maximum Gasteiger partial charge on any atom is 0.257 e. The summed E-state index contributed by atoms with van der Waals surface area (Å²) < 4.78 is 0. The van der Waals surface area contributed by atoms with Crippen LogP contribution in [0.25, 0.3) is 0 Å². The minimum atomic E-state index is -0.331. The van der Waals surface area contributed by atoms with Gasteiger partial charge >= 0.3 is 0 Å². The maximum atomic E-state index is 12.1. The first-order valence-corrected chi connectivity index (χ1v) is 5.85. The minimum absolute atomic E-state index is 0.179. The van der Waals surface area contributed by atoms with E-state index < -0.39 is 0 Å². The Morgan fingerprint density at radius 2 is 2.21 bits per heavy atom. The summed E-state index contributed by atoms with van der Waals surface area (Å²) in [5.74, 6) is 5.74. The normalized spacial score (nSPS) is 10.1. The summed E-state index contributed by atoms with van der Waals surface area (Å²) >= 11 is 5.80. The average Bonchev–Trinajstić information content (AvgIpc) is 2.40. The van der Waals surface area contributed by atoms with Crippen molar-refractivity contribution in [3.05, 3.63) is 46.7 Å². The first-order valence-electron chi connectivity index (χ1n) is 5.47. The highest BCUT2D eigenvalue weighted by Crippen LogP contribution is 2.16. The molecule has 2 aromatic rings. The summed E-state index contributed by atoms with van der Waals surface area (Å²) in [6, 6.07) is 6.61. The molecule has 0 aliphatic rings. The van der Waals surface area contributed by atoms with Crippen LogP contribution in [-0.4, -0.2) is 15.9 Å². The second-order valence-electron chi connectivity index (χ2n) is 3.83. The first-order chi connectivity index (χ1) is 9.10. The zero-order chi connectivity index (χ0) is 13.8. The molecule has 0 aromatic carbocycles. The van der Waals surface area contributed by atoms with E-state index in [2.05, 4.69) is 20.7 Å². The number of aryl methyl sites for hydroxylation is 1. The van der Waals surface area contributed by atoms with Gasteiger partial charge in [-0.3, -0.25) is 4.79 Å². The summed E-state index contributed by atoms with van der Waals surface area (Å²) in [6.07, 6.45) is 1.61. The highest BCUT2D eigenvalue weighted by Gasteiger charge is 2.11. The molecule has 0 aliphatic heterocycles. The predicted molar refractivity (Wildman–Crippen MR) is 74.0 cm³/mol. The van der Waals surface area contributed by atoms with Crippen LogP contribution in [0.1, 0.15) is 15.9 Å². The second kappa shape index (κ2) is 5.64. The summed E-state index contributed by atoms with van der Waals surface area (Å²) in [5, 5.41) is 2.88. The number of hydrogen-bond acceptors (Lipinski definition) is 5. The van der Waals surface area contributed by atoms with Crippen LogP contribution >= 0.6 is 11.6 Å². The molecule has 0 fully saturated rings. The smallest absolute Gasteiger partial charge is 0.257 e. The molecule has 0 spiro atoms. The van der Waals surface area contributed by atoms with Gasteiger partial charge in [0.25, 0.3) is 5.91 Å². The van der Waals surface area contributed by atoms with Crippen molar-refractivity contribution in [2.24, 2.45) is 5.84 Å². The van der Waals surface area contributed by atoms with Crippen LogP contribution in [0.3, 0.4) is 0 Å². The molecule has 19 heavy (non-hydrogen) atoms. The van der Waals surface area contributed by atoms with Crippen molar-refractivity contribution in [1.82, 2.24) is 9.97 Å².